The van der Waals surface area contributed by atoms with Crippen molar-refractivity contribution in [1.82, 2.24) is 0 Å². The van der Waals surface area contributed by atoms with Crippen LogP contribution in [0, 0.1) is 29.6 Å². The molecule has 160 valence electrons. The minimum absolute atomic E-state index is 0.136. The molecule has 6 rings (SSSR count). The molecule has 2 aromatic rings. The Morgan fingerprint density at radius 3 is 2.32 bits per heavy atom. The molecule has 4 aliphatic rings. The number of methoxy groups -OCH3 is 1. The van der Waals surface area contributed by atoms with Gasteiger partial charge >= 0.3 is 5.97 Å². The second-order valence-electron chi connectivity index (χ2n) is 9.68. The molecule has 0 aromatic heterocycles. The molecule has 0 saturated heterocycles. The van der Waals surface area contributed by atoms with Crippen molar-refractivity contribution in [1.29, 1.82) is 0 Å². The highest BCUT2D eigenvalue weighted by atomic mass is 16.5. The molecule has 4 nitrogen and oxygen atoms in total. The molecule has 4 fully saturated rings. The van der Waals surface area contributed by atoms with Crippen LogP contribution in [0.2, 0.25) is 0 Å². The van der Waals surface area contributed by atoms with Crippen LogP contribution in [0.4, 0.5) is 0 Å². The van der Waals surface area contributed by atoms with Crippen LogP contribution in [-0.2, 0) is 5.41 Å². The van der Waals surface area contributed by atoms with Gasteiger partial charge in [0.05, 0.1) is 12.7 Å². The van der Waals surface area contributed by atoms with Crippen LogP contribution in [0.1, 0.15) is 71.7 Å². The molecule has 4 bridgehead atoms. The van der Waals surface area contributed by atoms with Gasteiger partial charge in [0, 0.05) is 11.1 Å². The molecule has 0 heterocycles. The van der Waals surface area contributed by atoms with E-state index in [9.17, 15) is 15.0 Å². The number of rotatable bonds is 4. The highest BCUT2D eigenvalue weighted by molar-refractivity contribution is 5.90. The van der Waals surface area contributed by atoms with E-state index in [-0.39, 0.29) is 11.0 Å². The molecule has 4 saturated carbocycles. The van der Waals surface area contributed by atoms with Gasteiger partial charge in [0.15, 0.2) is 0 Å². The normalized spacial score (nSPS) is 29.2. The lowest BCUT2D eigenvalue weighted by atomic mass is 9.48. The lowest BCUT2D eigenvalue weighted by molar-refractivity contribution is -0.00618. The molecule has 0 aliphatic heterocycles. The topological polar surface area (TPSA) is 66.8 Å². The highest BCUT2D eigenvalue weighted by Gasteiger charge is 2.52. The Balaban J connectivity index is 1.43. The van der Waals surface area contributed by atoms with Gasteiger partial charge in [0.2, 0.25) is 0 Å². The van der Waals surface area contributed by atoms with E-state index in [1.165, 1.54) is 50.2 Å². The Labute approximate surface area is 183 Å². The fourth-order valence-corrected chi connectivity index (χ4v) is 6.76. The molecule has 1 atom stereocenters. The number of carbonyl (C=O) groups is 1. The molecule has 4 heteroatoms. The Morgan fingerprint density at radius 2 is 1.71 bits per heavy atom. The van der Waals surface area contributed by atoms with Crippen molar-refractivity contribution in [3.8, 4) is 17.6 Å². The number of aliphatic hydroxyl groups is 1. The van der Waals surface area contributed by atoms with Crippen molar-refractivity contribution >= 4 is 5.97 Å². The number of benzene rings is 2. The first-order chi connectivity index (χ1) is 15.0. The Morgan fingerprint density at radius 1 is 1.06 bits per heavy atom. The molecule has 0 radical (unpaired) electrons. The summed E-state index contributed by atoms with van der Waals surface area (Å²) in [7, 11) is 1.70. The lowest BCUT2D eigenvalue weighted by Crippen LogP contribution is -2.48. The van der Waals surface area contributed by atoms with Crippen molar-refractivity contribution in [2.45, 2.75) is 50.0 Å². The Hall–Kier alpha value is -2.77. The van der Waals surface area contributed by atoms with E-state index in [0.29, 0.717) is 11.1 Å². The summed E-state index contributed by atoms with van der Waals surface area (Å²) >= 11 is 0. The van der Waals surface area contributed by atoms with Crippen LogP contribution in [0.3, 0.4) is 0 Å². The van der Waals surface area contributed by atoms with E-state index in [2.05, 4.69) is 17.9 Å². The van der Waals surface area contributed by atoms with Gasteiger partial charge < -0.3 is 14.9 Å². The molecular formula is C27H28O4. The number of ether oxygens (including phenoxy) is 1. The van der Waals surface area contributed by atoms with Crippen molar-refractivity contribution in [2.75, 3.05) is 7.11 Å². The molecule has 4 aliphatic carbocycles. The van der Waals surface area contributed by atoms with Crippen molar-refractivity contribution in [3.05, 3.63) is 64.7 Å². The summed E-state index contributed by atoms with van der Waals surface area (Å²) in [6, 6.07) is 12.6. The van der Waals surface area contributed by atoms with Crippen molar-refractivity contribution in [3.63, 3.8) is 0 Å². The van der Waals surface area contributed by atoms with Crippen molar-refractivity contribution in [2.24, 2.45) is 17.8 Å². The second kappa shape index (κ2) is 7.73. The van der Waals surface area contributed by atoms with Crippen LogP contribution in [-0.4, -0.2) is 23.3 Å². The third-order valence-corrected chi connectivity index (χ3v) is 7.65. The first kappa shape index (κ1) is 20.2. The first-order valence-corrected chi connectivity index (χ1v) is 11.2. The van der Waals surface area contributed by atoms with E-state index in [4.69, 9.17) is 4.74 Å². The van der Waals surface area contributed by atoms with Crippen LogP contribution in [0.15, 0.2) is 42.5 Å². The molecule has 31 heavy (non-hydrogen) atoms. The van der Waals surface area contributed by atoms with Gasteiger partial charge in [-0.25, -0.2) is 4.79 Å². The average molecular weight is 417 g/mol. The molecule has 0 spiro atoms. The summed E-state index contributed by atoms with van der Waals surface area (Å²) in [6.45, 7) is 0. The maximum absolute atomic E-state index is 11.4. The minimum Gasteiger partial charge on any atom is -0.496 e. The Bertz CT molecular complexity index is 1040. The summed E-state index contributed by atoms with van der Waals surface area (Å²) in [5.74, 6) is 7.99. The molecule has 2 aromatic carbocycles. The fourth-order valence-electron chi connectivity index (χ4n) is 6.76. The van der Waals surface area contributed by atoms with Gasteiger partial charge in [0.25, 0.3) is 0 Å². The van der Waals surface area contributed by atoms with Gasteiger partial charge in [-0.2, -0.15) is 0 Å². The fraction of sp³-hybridized carbons (Fsp3) is 0.444. The monoisotopic (exact) mass is 416 g/mol. The Kier molecular flexibility index (Phi) is 5.02. The number of hydrogen-bond acceptors (Lipinski definition) is 3. The van der Waals surface area contributed by atoms with E-state index in [1.807, 2.05) is 12.1 Å². The maximum atomic E-state index is 11.4. The van der Waals surface area contributed by atoms with Gasteiger partial charge in [-0.3, -0.25) is 0 Å². The summed E-state index contributed by atoms with van der Waals surface area (Å²) < 4.78 is 5.80. The first-order valence-electron chi connectivity index (χ1n) is 11.2. The van der Waals surface area contributed by atoms with Crippen LogP contribution in [0.5, 0.6) is 5.75 Å². The second-order valence-corrected chi connectivity index (χ2v) is 9.68. The lowest BCUT2D eigenvalue weighted by Gasteiger charge is -2.57. The molecular weight excluding hydrogens is 388 g/mol. The number of carboxylic acid groups (broad SMARTS) is 1. The maximum Gasteiger partial charge on any atom is 0.336 e. The third-order valence-electron chi connectivity index (χ3n) is 7.65. The minimum atomic E-state index is -1.03. The molecule has 1 unspecified atom stereocenters. The van der Waals surface area contributed by atoms with Crippen LogP contribution in [0.25, 0.3) is 0 Å². The van der Waals surface area contributed by atoms with Gasteiger partial charge in [-0.15, -0.1) is 0 Å². The number of carboxylic acids is 1. The van der Waals surface area contributed by atoms with Gasteiger partial charge in [0.1, 0.15) is 11.9 Å². The van der Waals surface area contributed by atoms with E-state index < -0.39 is 12.1 Å². The van der Waals surface area contributed by atoms with Crippen LogP contribution < -0.4 is 4.74 Å². The zero-order valence-electron chi connectivity index (χ0n) is 17.8. The SMILES string of the molecule is COc1cc(C(O)C#Cc2ccccc2C(=O)O)ccc1C12CC3CC(CC(C3)C1)C2. The van der Waals surface area contributed by atoms with Gasteiger partial charge in [-0.05, 0) is 85.5 Å². The zero-order chi connectivity index (χ0) is 21.6. The summed E-state index contributed by atoms with van der Waals surface area (Å²) in [4.78, 5) is 11.4. The third kappa shape index (κ3) is 3.62. The van der Waals surface area contributed by atoms with Gasteiger partial charge in [-0.1, -0.05) is 36.1 Å². The predicted molar refractivity (Wildman–Crippen MR) is 118 cm³/mol. The van der Waals surface area contributed by atoms with Crippen LogP contribution >= 0.6 is 0 Å². The average Bonchev–Trinajstić information content (AvgIpc) is 2.76. The highest BCUT2D eigenvalue weighted by Crippen LogP contribution is 2.61. The summed E-state index contributed by atoms with van der Waals surface area (Å²) in [5.41, 5.74) is 2.71. The largest absolute Gasteiger partial charge is 0.496 e. The molecule has 0 amide bonds. The summed E-state index contributed by atoms with van der Waals surface area (Å²) in [5, 5.41) is 20.0. The number of aromatic carboxylic acids is 1. The van der Waals surface area contributed by atoms with Crippen molar-refractivity contribution < 1.29 is 19.7 Å². The number of aliphatic hydroxyl groups excluding tert-OH is 1. The predicted octanol–water partition coefficient (Wildman–Crippen LogP) is 4.95. The quantitative estimate of drug-likeness (QED) is 0.693. The molecule has 2 N–H and O–H groups in total. The number of hydrogen-bond donors (Lipinski definition) is 2. The van der Waals surface area contributed by atoms with E-state index in [1.54, 1.807) is 25.3 Å². The van der Waals surface area contributed by atoms with E-state index in [0.717, 1.165) is 23.5 Å². The zero-order valence-corrected chi connectivity index (χ0v) is 17.8. The summed E-state index contributed by atoms with van der Waals surface area (Å²) in [6.07, 6.45) is 6.93. The smallest absolute Gasteiger partial charge is 0.336 e. The van der Waals surface area contributed by atoms with E-state index >= 15 is 0 Å². The standard InChI is InChI=1S/C27H28O4/c1-31-25-13-21(24(28)9-7-20-4-2-3-5-22(20)26(29)30)6-8-23(25)27-14-17-10-18(15-27)12-19(11-17)16-27/h2-6,8,13,17-19,24,28H,10-12,14-16H2,1H3,(H,29,30).